The summed E-state index contributed by atoms with van der Waals surface area (Å²) < 4.78 is 27.6. The van der Waals surface area contributed by atoms with Crippen molar-refractivity contribution < 1.29 is 22.7 Å². The molecule has 3 rings (SSSR count). The Morgan fingerprint density at radius 3 is 2.45 bits per heavy atom. The van der Waals surface area contributed by atoms with Gasteiger partial charge in [-0.3, -0.25) is 9.59 Å². The Morgan fingerprint density at radius 1 is 1.21 bits per heavy atom. The van der Waals surface area contributed by atoms with Crippen LogP contribution in [0.15, 0.2) is 58.4 Å². The number of benzene rings is 2. The maximum absolute atomic E-state index is 12.2. The topological polar surface area (TPSA) is 140 Å². The van der Waals surface area contributed by atoms with Gasteiger partial charge in [0.05, 0.1) is 17.7 Å². The summed E-state index contributed by atoms with van der Waals surface area (Å²) >= 11 is 1.13. The second kappa shape index (κ2) is 8.64. The SMILES string of the molecule is COc1ccc(NC(=O)C[C@H]2SC(=Nc3ccc(S(N)(=O)=O)cc3)NC2=O)cc1. The van der Waals surface area contributed by atoms with Crippen molar-refractivity contribution in [3.05, 3.63) is 48.5 Å². The number of nitrogens with one attached hydrogen (secondary N) is 2. The first-order chi connectivity index (χ1) is 13.7. The zero-order valence-corrected chi connectivity index (χ0v) is 16.9. The number of sulfonamides is 1. The summed E-state index contributed by atoms with van der Waals surface area (Å²) in [5.74, 6) is 0.0491. The molecule has 0 unspecified atom stereocenters. The molecule has 1 fully saturated rings. The van der Waals surface area contributed by atoms with Gasteiger partial charge in [-0.1, -0.05) is 11.8 Å². The highest BCUT2D eigenvalue weighted by molar-refractivity contribution is 8.15. The summed E-state index contributed by atoms with van der Waals surface area (Å²) in [4.78, 5) is 28.6. The summed E-state index contributed by atoms with van der Waals surface area (Å²) in [6.07, 6.45) is -0.0219. The number of carbonyl (C=O) groups is 2. The number of amides is 2. The molecule has 0 saturated carbocycles. The van der Waals surface area contributed by atoms with Crippen LogP contribution in [0.4, 0.5) is 11.4 Å². The molecule has 9 nitrogen and oxygen atoms in total. The number of hydrogen-bond acceptors (Lipinski definition) is 7. The fourth-order valence-electron chi connectivity index (χ4n) is 2.47. The summed E-state index contributed by atoms with van der Waals surface area (Å²) in [5.41, 5.74) is 1.05. The van der Waals surface area contributed by atoms with Gasteiger partial charge in [-0.25, -0.2) is 18.5 Å². The van der Waals surface area contributed by atoms with Crippen LogP contribution >= 0.6 is 11.8 Å². The molecule has 1 atom stereocenters. The Bertz CT molecular complexity index is 1050. The van der Waals surface area contributed by atoms with Crippen LogP contribution in [0.25, 0.3) is 0 Å². The van der Waals surface area contributed by atoms with Gasteiger partial charge in [0.1, 0.15) is 11.0 Å². The molecular weight excluding hydrogens is 416 g/mol. The highest BCUT2D eigenvalue weighted by Gasteiger charge is 2.32. The molecule has 11 heteroatoms. The molecule has 0 radical (unpaired) electrons. The van der Waals surface area contributed by atoms with Crippen molar-refractivity contribution in [2.45, 2.75) is 16.6 Å². The molecule has 1 aliphatic rings. The standard InChI is InChI=1S/C18H18N4O5S2/c1-27-13-6-2-11(3-7-13)20-16(23)10-15-17(24)22-18(28-15)21-12-4-8-14(9-5-12)29(19,25)26/h2-9,15H,10H2,1H3,(H,20,23)(H2,19,25,26)(H,21,22,24)/t15-/m1/s1. The predicted molar refractivity (Wildman–Crippen MR) is 111 cm³/mol. The summed E-state index contributed by atoms with van der Waals surface area (Å²) in [7, 11) is -2.23. The number of carbonyl (C=O) groups excluding carboxylic acids is 2. The van der Waals surface area contributed by atoms with E-state index in [2.05, 4.69) is 15.6 Å². The van der Waals surface area contributed by atoms with Gasteiger partial charge in [0.2, 0.25) is 21.8 Å². The van der Waals surface area contributed by atoms with E-state index in [0.717, 1.165) is 11.8 Å². The average Bonchev–Trinajstić information content (AvgIpc) is 3.00. The minimum absolute atomic E-state index is 0.0219. The lowest BCUT2D eigenvalue weighted by molar-refractivity contribution is -0.122. The smallest absolute Gasteiger partial charge is 0.240 e. The maximum Gasteiger partial charge on any atom is 0.240 e. The number of primary sulfonamides is 1. The highest BCUT2D eigenvalue weighted by Crippen LogP contribution is 2.26. The van der Waals surface area contributed by atoms with E-state index in [1.807, 2.05) is 0 Å². The molecular formula is C18H18N4O5S2. The second-order valence-electron chi connectivity index (χ2n) is 6.03. The van der Waals surface area contributed by atoms with Crippen LogP contribution in [0.2, 0.25) is 0 Å². The van der Waals surface area contributed by atoms with E-state index >= 15 is 0 Å². The van der Waals surface area contributed by atoms with Crippen LogP contribution in [0.3, 0.4) is 0 Å². The summed E-state index contributed by atoms with van der Waals surface area (Å²) in [6.45, 7) is 0. The molecule has 0 bridgehead atoms. The van der Waals surface area contributed by atoms with Gasteiger partial charge in [-0.15, -0.1) is 0 Å². The molecule has 0 aromatic heterocycles. The van der Waals surface area contributed by atoms with Gasteiger partial charge in [-0.05, 0) is 48.5 Å². The first-order valence-corrected chi connectivity index (χ1v) is 10.8. The molecule has 2 amide bonds. The van der Waals surface area contributed by atoms with Crippen LogP contribution in [0, 0.1) is 0 Å². The third-order valence-corrected chi connectivity index (χ3v) is 5.93. The molecule has 1 heterocycles. The molecule has 1 saturated heterocycles. The number of hydrogen-bond donors (Lipinski definition) is 3. The Balaban J connectivity index is 1.60. The summed E-state index contributed by atoms with van der Waals surface area (Å²) in [5, 5.41) is 10.1. The number of anilines is 1. The van der Waals surface area contributed by atoms with E-state index in [1.54, 1.807) is 31.4 Å². The average molecular weight is 434 g/mol. The number of thioether (sulfide) groups is 1. The normalized spacial score (nSPS) is 17.8. The van der Waals surface area contributed by atoms with Crippen molar-refractivity contribution in [1.29, 1.82) is 0 Å². The van der Waals surface area contributed by atoms with E-state index in [9.17, 15) is 18.0 Å². The Labute approximate surface area is 171 Å². The largest absolute Gasteiger partial charge is 0.497 e. The van der Waals surface area contributed by atoms with Gasteiger partial charge in [0.15, 0.2) is 5.17 Å². The van der Waals surface area contributed by atoms with Crippen molar-refractivity contribution in [3.8, 4) is 5.75 Å². The summed E-state index contributed by atoms with van der Waals surface area (Å²) in [6, 6.07) is 12.5. The zero-order valence-electron chi connectivity index (χ0n) is 15.3. The van der Waals surface area contributed by atoms with Gasteiger partial charge in [-0.2, -0.15) is 0 Å². The number of nitrogens with zero attached hydrogens (tertiary/aromatic N) is 1. The van der Waals surface area contributed by atoms with Crippen molar-refractivity contribution in [2.24, 2.45) is 10.1 Å². The lowest BCUT2D eigenvalue weighted by Crippen LogP contribution is -2.28. The van der Waals surface area contributed by atoms with Gasteiger partial charge < -0.3 is 15.4 Å². The first-order valence-electron chi connectivity index (χ1n) is 8.37. The molecule has 152 valence electrons. The van der Waals surface area contributed by atoms with Gasteiger partial charge >= 0.3 is 0 Å². The lowest BCUT2D eigenvalue weighted by atomic mass is 10.2. The third-order valence-electron chi connectivity index (χ3n) is 3.92. The maximum atomic E-state index is 12.2. The fourth-order valence-corrected chi connectivity index (χ4v) is 3.98. The van der Waals surface area contributed by atoms with Crippen LogP contribution in [0.5, 0.6) is 5.75 Å². The quantitative estimate of drug-likeness (QED) is 0.631. The first kappa shape index (κ1) is 20.8. The van der Waals surface area contributed by atoms with E-state index in [4.69, 9.17) is 9.88 Å². The van der Waals surface area contributed by atoms with Crippen LogP contribution < -0.4 is 20.5 Å². The monoisotopic (exact) mass is 434 g/mol. The van der Waals surface area contributed by atoms with Gasteiger partial charge in [0.25, 0.3) is 0 Å². The molecule has 2 aromatic rings. The van der Waals surface area contributed by atoms with E-state index < -0.39 is 15.3 Å². The molecule has 29 heavy (non-hydrogen) atoms. The van der Waals surface area contributed by atoms with Crippen molar-refractivity contribution in [1.82, 2.24) is 5.32 Å². The Kier molecular flexibility index (Phi) is 6.20. The number of amidine groups is 1. The molecule has 0 aliphatic carbocycles. The van der Waals surface area contributed by atoms with Crippen molar-refractivity contribution >= 4 is 50.1 Å². The van der Waals surface area contributed by atoms with Gasteiger partial charge in [0, 0.05) is 12.1 Å². The number of aliphatic imine (C=N–C) groups is 1. The number of ether oxygens (including phenoxy) is 1. The minimum atomic E-state index is -3.78. The lowest BCUT2D eigenvalue weighted by Gasteiger charge is -2.08. The third kappa shape index (κ3) is 5.56. The molecule has 0 spiro atoms. The number of rotatable bonds is 6. The van der Waals surface area contributed by atoms with E-state index in [1.165, 1.54) is 24.3 Å². The fraction of sp³-hybridized carbons (Fsp3) is 0.167. The van der Waals surface area contributed by atoms with Crippen LogP contribution in [-0.4, -0.2) is 37.8 Å². The Morgan fingerprint density at radius 2 is 1.86 bits per heavy atom. The number of nitrogens with two attached hydrogens (primary N) is 1. The minimum Gasteiger partial charge on any atom is -0.497 e. The second-order valence-corrected chi connectivity index (χ2v) is 8.79. The molecule has 2 aromatic carbocycles. The highest BCUT2D eigenvalue weighted by atomic mass is 32.2. The van der Waals surface area contributed by atoms with Crippen molar-refractivity contribution in [2.75, 3.05) is 12.4 Å². The van der Waals surface area contributed by atoms with Crippen molar-refractivity contribution in [3.63, 3.8) is 0 Å². The number of methoxy groups -OCH3 is 1. The van der Waals surface area contributed by atoms with E-state index in [-0.39, 0.29) is 23.1 Å². The zero-order chi connectivity index (χ0) is 21.0. The van der Waals surface area contributed by atoms with Crippen LogP contribution in [0.1, 0.15) is 6.42 Å². The Hall–Kier alpha value is -2.89. The predicted octanol–water partition coefficient (Wildman–Crippen LogP) is 1.59. The van der Waals surface area contributed by atoms with E-state index in [0.29, 0.717) is 22.3 Å². The van der Waals surface area contributed by atoms with Crippen LogP contribution in [-0.2, 0) is 19.6 Å². The molecule has 4 N–H and O–H groups in total. The molecule has 1 aliphatic heterocycles.